The molecule has 0 aromatic carbocycles. The molecule has 14 heteroatoms. The summed E-state index contributed by atoms with van der Waals surface area (Å²) < 4.78 is 0. The van der Waals surface area contributed by atoms with Crippen LogP contribution in [0.25, 0.3) is 0 Å². The molecule has 3 heterocycles. The van der Waals surface area contributed by atoms with Gasteiger partial charge in [0.2, 0.25) is 6.61 Å². The smallest absolute Gasteiger partial charge is 0.352 e. The van der Waals surface area contributed by atoms with Gasteiger partial charge in [0.15, 0.2) is 10.8 Å². The first-order valence-electron chi connectivity index (χ1n) is 8.22. The number of anilines is 1. The van der Waals surface area contributed by atoms with E-state index in [-0.39, 0.29) is 22.2 Å². The van der Waals surface area contributed by atoms with E-state index in [4.69, 9.17) is 10.8 Å². The summed E-state index contributed by atoms with van der Waals surface area (Å²) in [7, 11) is 0. The Balaban J connectivity index is 1.79. The van der Waals surface area contributed by atoms with Gasteiger partial charge in [-0.15, -0.1) is 23.1 Å². The fourth-order valence-corrected chi connectivity index (χ4v) is 4.65. The molecule has 2 amide bonds. The number of rotatable bonds is 8. The maximum absolute atomic E-state index is 12.7. The summed E-state index contributed by atoms with van der Waals surface area (Å²) in [6.45, 7) is 2.77. The van der Waals surface area contributed by atoms with Crippen LogP contribution in [-0.2, 0) is 24.0 Å². The first kappa shape index (κ1) is 21.3. The van der Waals surface area contributed by atoms with Gasteiger partial charge in [-0.3, -0.25) is 14.5 Å². The summed E-state index contributed by atoms with van der Waals surface area (Å²) in [5, 5.41) is 25.0. The number of hydrogen-bond acceptors (Lipinski definition) is 10. The number of thiazole rings is 1. The van der Waals surface area contributed by atoms with Crippen LogP contribution in [0.3, 0.4) is 0 Å². The van der Waals surface area contributed by atoms with E-state index in [1.165, 1.54) is 23.2 Å². The Morgan fingerprint density at radius 1 is 1.47 bits per heavy atom. The van der Waals surface area contributed by atoms with Crippen molar-refractivity contribution in [2.24, 2.45) is 5.16 Å². The molecule has 30 heavy (non-hydrogen) atoms. The molecular weight excluding hydrogens is 438 g/mol. The predicted octanol–water partition coefficient (Wildman–Crippen LogP) is -0.545. The number of hydrogen-bond donors (Lipinski definition) is 4. The van der Waals surface area contributed by atoms with Crippen molar-refractivity contribution in [1.29, 1.82) is 0 Å². The normalized spacial score (nSPS) is 20.9. The summed E-state index contributed by atoms with van der Waals surface area (Å²) >= 11 is 2.30. The fraction of sp³-hybridized carbons (Fsp3) is 0.250. The highest BCUT2D eigenvalue weighted by Crippen LogP contribution is 2.40. The van der Waals surface area contributed by atoms with Crippen molar-refractivity contribution in [1.82, 2.24) is 15.2 Å². The van der Waals surface area contributed by atoms with Crippen molar-refractivity contribution in [3.05, 3.63) is 35.0 Å². The fourth-order valence-electron chi connectivity index (χ4n) is 2.76. The number of carbonyl (C=O) groups excluding carboxylic acids is 2. The lowest BCUT2D eigenvalue weighted by atomic mass is 10.0. The third-order valence-electron chi connectivity index (χ3n) is 4.06. The Kier molecular flexibility index (Phi) is 6.07. The first-order valence-corrected chi connectivity index (χ1v) is 10.1. The molecule has 1 aromatic heterocycles. The van der Waals surface area contributed by atoms with Gasteiger partial charge < -0.3 is 26.1 Å². The summed E-state index contributed by atoms with van der Waals surface area (Å²) in [4.78, 5) is 57.1. The molecular formula is C16H15N5O7S2. The predicted molar refractivity (Wildman–Crippen MR) is 107 cm³/mol. The average molecular weight is 453 g/mol. The average Bonchev–Trinajstić information content (AvgIpc) is 3.13. The SMILES string of the molecule is C=CC1=C(C(=O)O)N2C(=O)C(NC(=O)/C(=N/OCC(=O)O)c3csc(N)n3)C2SC1. The second-order valence-electron chi connectivity index (χ2n) is 5.92. The third kappa shape index (κ3) is 3.99. The van der Waals surface area contributed by atoms with Crippen molar-refractivity contribution < 1.29 is 34.2 Å². The number of aromatic nitrogens is 1. The zero-order chi connectivity index (χ0) is 22.0. The number of nitrogens with one attached hydrogen (secondary N) is 1. The molecule has 2 unspecified atom stereocenters. The first-order chi connectivity index (χ1) is 14.2. The number of aliphatic carboxylic acids is 2. The number of nitrogen functional groups attached to an aromatic ring is 1. The second kappa shape index (κ2) is 8.54. The van der Waals surface area contributed by atoms with Crippen LogP contribution >= 0.6 is 23.1 Å². The van der Waals surface area contributed by atoms with Gasteiger partial charge in [-0.25, -0.2) is 14.6 Å². The van der Waals surface area contributed by atoms with Crippen LogP contribution in [0.5, 0.6) is 0 Å². The molecule has 12 nitrogen and oxygen atoms in total. The highest BCUT2D eigenvalue weighted by atomic mass is 32.2. The van der Waals surface area contributed by atoms with Crippen LogP contribution in [0.1, 0.15) is 5.69 Å². The largest absolute Gasteiger partial charge is 0.479 e. The van der Waals surface area contributed by atoms with Crippen molar-refractivity contribution in [2.75, 3.05) is 18.1 Å². The third-order valence-corrected chi connectivity index (χ3v) is 6.03. The highest BCUT2D eigenvalue weighted by molar-refractivity contribution is 8.00. The van der Waals surface area contributed by atoms with E-state index in [2.05, 4.69) is 26.9 Å². The van der Waals surface area contributed by atoms with Gasteiger partial charge >= 0.3 is 11.9 Å². The molecule has 0 spiro atoms. The number of β-lactam (4-membered cyclic amide) rings is 1. The second-order valence-corrected chi connectivity index (χ2v) is 7.92. The van der Waals surface area contributed by atoms with Crippen molar-refractivity contribution in [3.8, 4) is 0 Å². The van der Waals surface area contributed by atoms with E-state index < -0.39 is 41.8 Å². The summed E-state index contributed by atoms with van der Waals surface area (Å²) in [5.41, 5.74) is 5.48. The minimum Gasteiger partial charge on any atom is -0.479 e. The molecule has 1 fully saturated rings. The van der Waals surface area contributed by atoms with Gasteiger partial charge in [0, 0.05) is 11.1 Å². The number of nitrogens with zero attached hydrogens (tertiary/aromatic N) is 3. The van der Waals surface area contributed by atoms with Crippen LogP contribution in [-0.4, -0.2) is 73.3 Å². The number of fused-ring (bicyclic) bond motifs is 1. The van der Waals surface area contributed by atoms with Crippen LogP contribution in [0.15, 0.2) is 34.5 Å². The van der Waals surface area contributed by atoms with Crippen molar-refractivity contribution in [3.63, 3.8) is 0 Å². The van der Waals surface area contributed by atoms with Crippen molar-refractivity contribution >= 4 is 57.7 Å². The van der Waals surface area contributed by atoms with E-state index in [1.54, 1.807) is 0 Å². The van der Waals surface area contributed by atoms with E-state index in [0.717, 1.165) is 16.2 Å². The minimum atomic E-state index is -1.30. The molecule has 2 aliphatic rings. The Hall–Kier alpha value is -3.39. The van der Waals surface area contributed by atoms with Crippen LogP contribution in [0.2, 0.25) is 0 Å². The summed E-state index contributed by atoms with van der Waals surface area (Å²) in [6, 6.07) is -1.01. The number of thioether (sulfide) groups is 1. The quantitative estimate of drug-likeness (QED) is 0.226. The number of carbonyl (C=O) groups is 4. The lowest BCUT2D eigenvalue weighted by Gasteiger charge is -2.49. The topological polar surface area (TPSA) is 185 Å². The molecule has 0 radical (unpaired) electrons. The number of allylic oxidation sites excluding steroid dienone is 1. The van der Waals surface area contributed by atoms with Gasteiger partial charge in [0.05, 0.1) is 0 Å². The molecule has 2 aliphatic heterocycles. The molecule has 158 valence electrons. The zero-order valence-electron chi connectivity index (χ0n) is 15.1. The molecule has 1 saturated heterocycles. The summed E-state index contributed by atoms with van der Waals surface area (Å²) in [6.07, 6.45) is 1.38. The van der Waals surface area contributed by atoms with Gasteiger partial charge in [0.25, 0.3) is 11.8 Å². The van der Waals surface area contributed by atoms with Gasteiger partial charge in [-0.1, -0.05) is 17.8 Å². The molecule has 0 aliphatic carbocycles. The number of nitrogens with two attached hydrogens (primary N) is 1. The highest BCUT2D eigenvalue weighted by Gasteiger charge is 2.54. The number of oxime groups is 1. The standard InChI is InChI=1S/C16H15N5O7S2/c1-2-6-4-29-14-10(13(25)21(14)11(6)15(26)27)19-12(24)9(20-28-3-8(22)23)7-5-30-16(17)18-7/h2,5,10,14H,1,3-4H2,(H2,17,18)(H,19,24)(H,22,23)(H,26,27)/b20-9+. The van der Waals surface area contributed by atoms with Gasteiger partial charge in [0.1, 0.15) is 22.8 Å². The maximum Gasteiger partial charge on any atom is 0.352 e. The maximum atomic E-state index is 12.7. The van der Waals surface area contributed by atoms with Crippen LogP contribution in [0, 0.1) is 0 Å². The summed E-state index contributed by atoms with van der Waals surface area (Å²) in [5.74, 6) is -3.72. The minimum absolute atomic E-state index is 0.0420. The number of carboxylic acid groups (broad SMARTS) is 2. The molecule has 1 aromatic rings. The zero-order valence-corrected chi connectivity index (χ0v) is 16.7. The van der Waals surface area contributed by atoms with E-state index in [0.29, 0.717) is 11.3 Å². The lowest BCUT2D eigenvalue weighted by molar-refractivity contribution is -0.150. The van der Waals surface area contributed by atoms with Crippen LogP contribution in [0.4, 0.5) is 5.13 Å². The molecule has 0 saturated carbocycles. The van der Waals surface area contributed by atoms with Gasteiger partial charge in [-0.2, -0.15) is 0 Å². The molecule has 0 bridgehead atoms. The Morgan fingerprint density at radius 2 is 2.20 bits per heavy atom. The number of amides is 2. The van der Waals surface area contributed by atoms with Gasteiger partial charge in [-0.05, 0) is 5.57 Å². The van der Waals surface area contributed by atoms with E-state index >= 15 is 0 Å². The number of carboxylic acids is 2. The van der Waals surface area contributed by atoms with Crippen LogP contribution < -0.4 is 11.1 Å². The van der Waals surface area contributed by atoms with E-state index in [9.17, 15) is 24.3 Å². The van der Waals surface area contributed by atoms with E-state index in [1.807, 2.05) is 0 Å². The molecule has 2 atom stereocenters. The Bertz CT molecular complexity index is 1000. The van der Waals surface area contributed by atoms with Crippen molar-refractivity contribution in [2.45, 2.75) is 11.4 Å². The molecule has 3 rings (SSSR count). The Labute approximate surface area is 177 Å². The molecule has 5 N–H and O–H groups in total. The Morgan fingerprint density at radius 3 is 2.77 bits per heavy atom. The monoisotopic (exact) mass is 453 g/mol. The lowest BCUT2D eigenvalue weighted by Crippen LogP contribution is -2.71.